The van der Waals surface area contributed by atoms with E-state index in [9.17, 15) is 14.7 Å². The molecule has 1 aliphatic rings. The molecular formula is C13H17N3O3. The van der Waals surface area contributed by atoms with Crippen LogP contribution in [0.15, 0.2) is 6.07 Å². The average Bonchev–Trinajstić information content (AvgIpc) is 3.07. The summed E-state index contributed by atoms with van der Waals surface area (Å²) >= 11 is 0. The number of primary amides is 1. The Bertz CT molecular complexity index is 538. The van der Waals surface area contributed by atoms with Crippen molar-refractivity contribution in [3.05, 3.63) is 23.0 Å². The molecule has 1 unspecified atom stereocenters. The minimum atomic E-state index is -0.912. The Morgan fingerprint density at radius 2 is 2.11 bits per heavy atom. The van der Waals surface area contributed by atoms with Crippen LogP contribution in [0.25, 0.3) is 0 Å². The van der Waals surface area contributed by atoms with E-state index >= 15 is 0 Å². The summed E-state index contributed by atoms with van der Waals surface area (Å²) in [6.07, 6.45) is 1.78. The van der Waals surface area contributed by atoms with Crippen LogP contribution in [-0.2, 0) is 4.79 Å². The molecule has 0 radical (unpaired) electrons. The zero-order chi connectivity index (χ0) is 14.2. The highest BCUT2D eigenvalue weighted by molar-refractivity contribution is 6.00. The molecule has 0 spiro atoms. The van der Waals surface area contributed by atoms with E-state index in [0.717, 1.165) is 12.8 Å². The highest BCUT2D eigenvalue weighted by Gasteiger charge is 2.36. The summed E-state index contributed by atoms with van der Waals surface area (Å²) in [7, 11) is 0. The molecule has 1 fully saturated rings. The van der Waals surface area contributed by atoms with Gasteiger partial charge in [0.1, 0.15) is 6.04 Å². The van der Waals surface area contributed by atoms with Crippen LogP contribution in [0.1, 0.15) is 34.6 Å². The van der Waals surface area contributed by atoms with E-state index < -0.39 is 17.9 Å². The van der Waals surface area contributed by atoms with Crippen LogP contribution in [0.3, 0.4) is 0 Å². The molecule has 0 saturated heterocycles. The third-order valence-electron chi connectivity index (χ3n) is 3.25. The van der Waals surface area contributed by atoms with E-state index in [4.69, 9.17) is 5.73 Å². The van der Waals surface area contributed by atoms with Gasteiger partial charge < -0.3 is 16.2 Å². The predicted octanol–water partition coefficient (Wildman–Crippen LogP) is 1.07. The molecule has 4 N–H and O–H groups in total. The van der Waals surface area contributed by atoms with Gasteiger partial charge in [-0.3, -0.25) is 9.78 Å². The molecule has 1 aromatic rings. The van der Waals surface area contributed by atoms with E-state index in [-0.39, 0.29) is 11.5 Å². The molecular weight excluding hydrogens is 246 g/mol. The predicted molar refractivity (Wildman–Crippen MR) is 70.0 cm³/mol. The van der Waals surface area contributed by atoms with Crippen LogP contribution in [0.2, 0.25) is 0 Å². The molecule has 0 aliphatic heterocycles. The first kappa shape index (κ1) is 13.3. The van der Waals surface area contributed by atoms with Crippen LogP contribution in [0.5, 0.6) is 0 Å². The highest BCUT2D eigenvalue weighted by Crippen LogP contribution is 2.35. The van der Waals surface area contributed by atoms with E-state index in [1.807, 2.05) is 0 Å². The minimum absolute atomic E-state index is 0.118. The number of hydrogen-bond donors (Lipinski definition) is 3. The second-order valence-corrected chi connectivity index (χ2v) is 4.93. The minimum Gasteiger partial charge on any atom is -0.480 e. The molecule has 0 bridgehead atoms. The number of pyridine rings is 1. The number of nitrogens with zero attached hydrogens (tertiary/aromatic N) is 1. The van der Waals surface area contributed by atoms with Crippen LogP contribution in [-0.4, -0.2) is 28.0 Å². The third-order valence-corrected chi connectivity index (χ3v) is 3.25. The molecule has 1 saturated carbocycles. The van der Waals surface area contributed by atoms with Crippen LogP contribution < -0.4 is 11.1 Å². The summed E-state index contributed by atoms with van der Waals surface area (Å²) in [4.78, 5) is 26.9. The third kappa shape index (κ3) is 2.83. The normalized spacial score (nSPS) is 15.9. The molecule has 1 atom stereocenters. The molecule has 6 nitrogen and oxygen atoms in total. The molecule has 1 aliphatic carbocycles. The number of nitrogens with two attached hydrogens (primary N) is 1. The van der Waals surface area contributed by atoms with Crippen LogP contribution in [0, 0.1) is 19.8 Å². The Balaban J connectivity index is 2.37. The summed E-state index contributed by atoms with van der Waals surface area (Å²) in [5, 5.41) is 12.2. The molecule has 6 heteroatoms. The van der Waals surface area contributed by atoms with E-state index in [2.05, 4.69) is 10.3 Å². The molecule has 1 amide bonds. The number of carbonyl (C=O) groups excluding carboxylic acids is 1. The van der Waals surface area contributed by atoms with Gasteiger partial charge in [0.05, 0.1) is 16.9 Å². The van der Waals surface area contributed by atoms with Gasteiger partial charge in [-0.2, -0.15) is 0 Å². The van der Waals surface area contributed by atoms with Crippen molar-refractivity contribution in [1.29, 1.82) is 0 Å². The molecule has 102 valence electrons. The summed E-state index contributed by atoms with van der Waals surface area (Å²) < 4.78 is 0. The van der Waals surface area contributed by atoms with Crippen molar-refractivity contribution in [1.82, 2.24) is 4.98 Å². The monoisotopic (exact) mass is 263 g/mol. The van der Waals surface area contributed by atoms with Gasteiger partial charge in [-0.1, -0.05) is 0 Å². The summed E-state index contributed by atoms with van der Waals surface area (Å²) in [5.41, 5.74) is 7.28. The van der Waals surface area contributed by atoms with Gasteiger partial charge in [0.2, 0.25) is 0 Å². The number of rotatable bonds is 5. The topological polar surface area (TPSA) is 105 Å². The van der Waals surface area contributed by atoms with Crippen molar-refractivity contribution in [2.24, 2.45) is 11.7 Å². The lowest BCUT2D eigenvalue weighted by Gasteiger charge is -2.18. The number of hydrogen-bond acceptors (Lipinski definition) is 4. The Morgan fingerprint density at radius 1 is 1.47 bits per heavy atom. The van der Waals surface area contributed by atoms with Crippen LogP contribution in [0.4, 0.5) is 5.69 Å². The van der Waals surface area contributed by atoms with Crippen LogP contribution >= 0.6 is 0 Å². The lowest BCUT2D eigenvalue weighted by Crippen LogP contribution is -2.32. The number of aliphatic carboxylic acids is 1. The van der Waals surface area contributed by atoms with Gasteiger partial charge in [0.15, 0.2) is 0 Å². The van der Waals surface area contributed by atoms with Gasteiger partial charge >= 0.3 is 5.97 Å². The number of aryl methyl sites for hydroxylation is 2. The Hall–Kier alpha value is -2.11. The lowest BCUT2D eigenvalue weighted by atomic mass is 10.1. The van der Waals surface area contributed by atoms with Crippen molar-refractivity contribution < 1.29 is 14.7 Å². The van der Waals surface area contributed by atoms with Gasteiger partial charge in [0, 0.05) is 5.69 Å². The average molecular weight is 263 g/mol. The second-order valence-electron chi connectivity index (χ2n) is 4.93. The zero-order valence-electron chi connectivity index (χ0n) is 10.9. The van der Waals surface area contributed by atoms with Crippen molar-refractivity contribution in [3.8, 4) is 0 Å². The Morgan fingerprint density at radius 3 is 2.58 bits per heavy atom. The van der Waals surface area contributed by atoms with Crippen molar-refractivity contribution in [2.45, 2.75) is 32.7 Å². The van der Waals surface area contributed by atoms with Gasteiger partial charge in [0.25, 0.3) is 5.91 Å². The zero-order valence-corrected chi connectivity index (χ0v) is 10.9. The maximum atomic E-state index is 11.5. The number of carboxylic acid groups (broad SMARTS) is 1. The molecule has 0 aromatic carbocycles. The van der Waals surface area contributed by atoms with Gasteiger partial charge in [-0.25, -0.2) is 4.79 Å². The van der Waals surface area contributed by atoms with Crippen molar-refractivity contribution >= 4 is 17.6 Å². The summed E-state index contributed by atoms with van der Waals surface area (Å²) in [6, 6.07) is 0.977. The Labute approximate surface area is 111 Å². The first-order valence-electron chi connectivity index (χ1n) is 6.17. The fraction of sp³-hybridized carbons (Fsp3) is 0.462. The second kappa shape index (κ2) is 4.87. The fourth-order valence-corrected chi connectivity index (χ4v) is 2.23. The maximum Gasteiger partial charge on any atom is 0.326 e. The summed E-state index contributed by atoms with van der Waals surface area (Å²) in [5.74, 6) is -1.40. The molecule has 19 heavy (non-hydrogen) atoms. The Kier molecular flexibility index (Phi) is 3.42. The number of nitrogens with one attached hydrogen (secondary N) is 1. The van der Waals surface area contributed by atoms with Gasteiger partial charge in [-0.05, 0) is 38.7 Å². The lowest BCUT2D eigenvalue weighted by molar-refractivity contribution is -0.138. The van der Waals surface area contributed by atoms with Crippen molar-refractivity contribution in [3.63, 3.8) is 0 Å². The maximum absolute atomic E-state index is 11.5. The van der Waals surface area contributed by atoms with Crippen molar-refractivity contribution in [2.75, 3.05) is 5.32 Å². The standard InChI is InChI=1S/C13H17N3O3/c1-6-5-9(10(12(14)17)7(2)15-6)16-11(13(18)19)8-3-4-8/h5,8,11H,3-4H2,1-2H3,(H2,14,17)(H,15,16)(H,18,19). The number of aromatic nitrogens is 1. The number of amides is 1. The van der Waals surface area contributed by atoms with E-state index in [0.29, 0.717) is 17.1 Å². The first-order valence-corrected chi connectivity index (χ1v) is 6.17. The van der Waals surface area contributed by atoms with Gasteiger partial charge in [-0.15, -0.1) is 0 Å². The number of anilines is 1. The molecule has 1 heterocycles. The van der Waals surface area contributed by atoms with E-state index in [1.54, 1.807) is 19.9 Å². The number of carboxylic acids is 1. The quantitative estimate of drug-likeness (QED) is 0.737. The largest absolute Gasteiger partial charge is 0.480 e. The fourth-order valence-electron chi connectivity index (χ4n) is 2.23. The molecule has 1 aromatic heterocycles. The first-order chi connectivity index (χ1) is 8.90. The highest BCUT2D eigenvalue weighted by atomic mass is 16.4. The molecule has 2 rings (SSSR count). The summed E-state index contributed by atoms with van der Waals surface area (Å²) in [6.45, 7) is 3.47. The SMILES string of the molecule is Cc1cc(NC(C(=O)O)C2CC2)c(C(N)=O)c(C)n1. The smallest absolute Gasteiger partial charge is 0.326 e. The van der Waals surface area contributed by atoms with E-state index in [1.165, 1.54) is 0 Å². The number of carbonyl (C=O) groups is 2.